The molecule has 1 aromatic carbocycles. The molecule has 8 nitrogen and oxygen atoms in total. The molecule has 22 heavy (non-hydrogen) atoms. The fourth-order valence-corrected chi connectivity index (χ4v) is 1.96. The van der Waals surface area contributed by atoms with Crippen LogP contribution in [-0.2, 0) is 4.74 Å². The Morgan fingerprint density at radius 3 is 2.64 bits per heavy atom. The summed E-state index contributed by atoms with van der Waals surface area (Å²) in [6, 6.07) is 5.93. The minimum Gasteiger partial charge on any atom is -0.448 e. The fraction of sp³-hybridized carbons (Fsp3) is 0.357. The number of benzene rings is 1. The average Bonchev–Trinajstić information content (AvgIpc) is 2.92. The van der Waals surface area contributed by atoms with Crippen molar-refractivity contribution in [1.29, 1.82) is 0 Å². The number of carbonyl (C=O) groups excluding carboxylic acids is 2. The monoisotopic (exact) mass is 307 g/mol. The largest absolute Gasteiger partial charge is 0.448 e. The molecule has 0 radical (unpaired) electrons. The third kappa shape index (κ3) is 3.07. The van der Waals surface area contributed by atoms with Gasteiger partial charge in [-0.15, -0.1) is 0 Å². The molecule has 0 aliphatic rings. The van der Waals surface area contributed by atoms with E-state index in [1.165, 1.54) is 0 Å². The highest BCUT2D eigenvalue weighted by molar-refractivity contribution is 6.06. The predicted molar refractivity (Wildman–Crippen MR) is 77.6 cm³/mol. The van der Waals surface area contributed by atoms with Crippen molar-refractivity contribution in [3.63, 3.8) is 0 Å². The Hall–Kier alpha value is -2.45. The SMILES string of the molecule is CCOC(=O)n1nc(C(=O)NC(CO)CO)c2ccccc21. The average molecular weight is 307 g/mol. The number of aliphatic hydroxyl groups excluding tert-OH is 2. The topological polar surface area (TPSA) is 114 Å². The van der Waals surface area contributed by atoms with Gasteiger partial charge in [0.05, 0.1) is 31.4 Å². The standard InChI is InChI=1S/C14H17N3O5/c1-2-22-14(21)17-11-6-4-3-5-10(11)12(16-17)13(20)15-9(7-18)8-19/h3-6,9,18-19H,2,7-8H2,1H3,(H,15,20). The number of amides is 1. The van der Waals surface area contributed by atoms with E-state index in [4.69, 9.17) is 14.9 Å². The van der Waals surface area contributed by atoms with Crippen LogP contribution in [0.15, 0.2) is 24.3 Å². The van der Waals surface area contributed by atoms with Crippen molar-refractivity contribution in [2.75, 3.05) is 19.8 Å². The molecule has 0 aliphatic carbocycles. The molecule has 0 unspecified atom stereocenters. The van der Waals surface area contributed by atoms with Gasteiger partial charge in [-0.2, -0.15) is 9.78 Å². The third-order valence-corrected chi connectivity index (χ3v) is 3.02. The highest BCUT2D eigenvalue weighted by atomic mass is 16.5. The van der Waals surface area contributed by atoms with Crippen molar-refractivity contribution in [2.24, 2.45) is 0 Å². The molecule has 0 saturated heterocycles. The Labute approximate surface area is 126 Å². The second-order valence-electron chi connectivity index (χ2n) is 4.51. The van der Waals surface area contributed by atoms with Crippen LogP contribution in [0.2, 0.25) is 0 Å². The van der Waals surface area contributed by atoms with Crippen LogP contribution in [0.4, 0.5) is 4.79 Å². The molecule has 1 aromatic heterocycles. The number of para-hydroxylation sites is 1. The van der Waals surface area contributed by atoms with Gasteiger partial charge in [0, 0.05) is 5.39 Å². The molecule has 0 bridgehead atoms. The summed E-state index contributed by atoms with van der Waals surface area (Å²) in [5, 5.41) is 25.0. The first-order valence-corrected chi connectivity index (χ1v) is 6.79. The molecule has 0 spiro atoms. The number of rotatable bonds is 5. The van der Waals surface area contributed by atoms with Gasteiger partial charge in [-0.3, -0.25) is 4.79 Å². The summed E-state index contributed by atoms with van der Waals surface area (Å²) >= 11 is 0. The van der Waals surface area contributed by atoms with Crippen molar-refractivity contribution in [2.45, 2.75) is 13.0 Å². The van der Waals surface area contributed by atoms with E-state index in [1.54, 1.807) is 31.2 Å². The Morgan fingerprint density at radius 1 is 1.32 bits per heavy atom. The molecule has 0 aliphatic heterocycles. The lowest BCUT2D eigenvalue weighted by atomic mass is 10.2. The van der Waals surface area contributed by atoms with Gasteiger partial charge < -0.3 is 20.3 Å². The van der Waals surface area contributed by atoms with E-state index in [2.05, 4.69) is 10.4 Å². The van der Waals surface area contributed by atoms with Crippen LogP contribution in [0.5, 0.6) is 0 Å². The second-order valence-corrected chi connectivity index (χ2v) is 4.51. The van der Waals surface area contributed by atoms with Gasteiger partial charge in [0.25, 0.3) is 5.91 Å². The first kappa shape index (κ1) is 15.9. The van der Waals surface area contributed by atoms with E-state index in [9.17, 15) is 9.59 Å². The minimum atomic E-state index is -0.793. The smallest absolute Gasteiger partial charge is 0.435 e. The van der Waals surface area contributed by atoms with E-state index < -0.39 is 31.3 Å². The predicted octanol–water partition coefficient (Wildman–Crippen LogP) is 0.124. The third-order valence-electron chi connectivity index (χ3n) is 3.02. The number of nitrogens with one attached hydrogen (secondary N) is 1. The zero-order valence-electron chi connectivity index (χ0n) is 12.0. The summed E-state index contributed by atoms with van der Waals surface area (Å²) in [7, 11) is 0. The van der Waals surface area contributed by atoms with Gasteiger partial charge in [0.15, 0.2) is 5.69 Å². The second kappa shape index (κ2) is 7.01. The quantitative estimate of drug-likeness (QED) is 0.723. The van der Waals surface area contributed by atoms with Gasteiger partial charge in [0.2, 0.25) is 0 Å². The summed E-state index contributed by atoms with van der Waals surface area (Å²) in [6.07, 6.45) is -0.682. The lowest BCUT2D eigenvalue weighted by molar-refractivity contribution is 0.0875. The zero-order chi connectivity index (χ0) is 16.1. The first-order valence-electron chi connectivity index (χ1n) is 6.79. The van der Waals surface area contributed by atoms with Gasteiger partial charge in [-0.1, -0.05) is 18.2 Å². The Bertz CT molecular complexity index is 678. The van der Waals surface area contributed by atoms with E-state index in [1.807, 2.05) is 0 Å². The van der Waals surface area contributed by atoms with Crippen LogP contribution in [0, 0.1) is 0 Å². The molecule has 3 N–H and O–H groups in total. The van der Waals surface area contributed by atoms with Crippen LogP contribution in [-0.4, -0.2) is 57.9 Å². The molecule has 0 fully saturated rings. The van der Waals surface area contributed by atoms with Crippen molar-refractivity contribution < 1.29 is 24.5 Å². The highest BCUT2D eigenvalue weighted by Crippen LogP contribution is 2.18. The number of nitrogens with zero attached hydrogens (tertiary/aromatic N) is 2. The molecular weight excluding hydrogens is 290 g/mol. The summed E-state index contributed by atoms with van der Waals surface area (Å²) in [5.41, 5.74) is 0.464. The molecule has 2 aromatic rings. The number of fused-ring (bicyclic) bond motifs is 1. The van der Waals surface area contributed by atoms with Crippen LogP contribution < -0.4 is 5.32 Å². The van der Waals surface area contributed by atoms with Crippen LogP contribution >= 0.6 is 0 Å². The summed E-state index contributed by atoms with van der Waals surface area (Å²) in [5.74, 6) is -0.590. The molecule has 2 rings (SSSR count). The molecule has 1 amide bonds. The van der Waals surface area contributed by atoms with Gasteiger partial charge >= 0.3 is 6.09 Å². The maximum absolute atomic E-state index is 12.2. The van der Waals surface area contributed by atoms with Crippen LogP contribution in [0.1, 0.15) is 17.4 Å². The van der Waals surface area contributed by atoms with Gasteiger partial charge in [0.1, 0.15) is 0 Å². The number of carbonyl (C=O) groups is 2. The minimum absolute atomic E-state index is 0.0237. The fourth-order valence-electron chi connectivity index (χ4n) is 1.96. The number of aromatic nitrogens is 2. The Morgan fingerprint density at radius 2 is 2.00 bits per heavy atom. The maximum atomic E-state index is 12.2. The van der Waals surface area contributed by atoms with Gasteiger partial charge in [-0.05, 0) is 13.0 Å². The van der Waals surface area contributed by atoms with E-state index in [0.29, 0.717) is 10.9 Å². The summed E-state index contributed by atoms with van der Waals surface area (Å²) in [4.78, 5) is 24.1. The van der Waals surface area contributed by atoms with Crippen LogP contribution in [0.3, 0.4) is 0 Å². The molecule has 0 saturated carbocycles. The number of ether oxygens (including phenoxy) is 1. The molecular formula is C14H17N3O5. The lowest BCUT2D eigenvalue weighted by Crippen LogP contribution is -2.40. The molecule has 8 heteroatoms. The number of hydrogen-bond acceptors (Lipinski definition) is 6. The molecule has 0 atom stereocenters. The first-order chi connectivity index (χ1) is 10.6. The lowest BCUT2D eigenvalue weighted by Gasteiger charge is -2.11. The summed E-state index contributed by atoms with van der Waals surface area (Å²) in [6.45, 7) is 1.05. The van der Waals surface area contributed by atoms with Crippen molar-refractivity contribution >= 4 is 22.9 Å². The van der Waals surface area contributed by atoms with Crippen molar-refractivity contribution in [1.82, 2.24) is 15.1 Å². The normalized spacial score (nSPS) is 10.9. The van der Waals surface area contributed by atoms with Crippen LogP contribution in [0.25, 0.3) is 10.9 Å². The molecule has 1 heterocycles. The Kier molecular flexibility index (Phi) is 5.08. The van der Waals surface area contributed by atoms with E-state index >= 15 is 0 Å². The maximum Gasteiger partial charge on any atom is 0.435 e. The zero-order valence-corrected chi connectivity index (χ0v) is 12.0. The molecule has 118 valence electrons. The van der Waals surface area contributed by atoms with E-state index in [0.717, 1.165) is 4.68 Å². The summed E-state index contributed by atoms with van der Waals surface area (Å²) < 4.78 is 5.92. The van der Waals surface area contributed by atoms with Gasteiger partial charge in [-0.25, -0.2) is 4.79 Å². The number of hydrogen-bond donors (Lipinski definition) is 3. The number of aliphatic hydroxyl groups is 2. The highest BCUT2D eigenvalue weighted by Gasteiger charge is 2.22. The Balaban J connectivity index is 2.42. The van der Waals surface area contributed by atoms with E-state index in [-0.39, 0.29) is 12.3 Å². The van der Waals surface area contributed by atoms with Crippen molar-refractivity contribution in [3.05, 3.63) is 30.0 Å². The van der Waals surface area contributed by atoms with Crippen molar-refractivity contribution in [3.8, 4) is 0 Å².